The molecule has 1 amide bonds. The molecule has 0 bridgehead atoms. The first-order valence-corrected chi connectivity index (χ1v) is 7.38. The minimum absolute atomic E-state index is 0.00297. The van der Waals surface area contributed by atoms with Crippen LogP contribution in [0.3, 0.4) is 0 Å². The van der Waals surface area contributed by atoms with Crippen LogP contribution >= 0.6 is 0 Å². The monoisotopic (exact) mass is 306 g/mol. The number of hydroxylamine groups is 2. The molecule has 1 aromatic rings. The van der Waals surface area contributed by atoms with Gasteiger partial charge in [-0.05, 0) is 18.4 Å². The van der Waals surface area contributed by atoms with E-state index < -0.39 is 12.0 Å². The highest BCUT2D eigenvalue weighted by atomic mass is 16.7. The summed E-state index contributed by atoms with van der Waals surface area (Å²) in [7, 11) is 1.83. The second-order valence-electron chi connectivity index (χ2n) is 5.56. The van der Waals surface area contributed by atoms with Crippen molar-refractivity contribution >= 4 is 11.9 Å². The zero-order chi connectivity index (χ0) is 16.1. The van der Waals surface area contributed by atoms with Gasteiger partial charge in [0.05, 0.1) is 12.6 Å². The SMILES string of the molecule is CC(=O)N1C[C@H](N(C)OCc2ccccc2)CC[C@H]1C(=O)O. The normalized spacial score (nSPS) is 21.9. The maximum atomic E-state index is 11.7. The molecule has 1 aliphatic rings. The van der Waals surface area contributed by atoms with Gasteiger partial charge in [0.25, 0.3) is 0 Å². The number of amides is 1. The second kappa shape index (κ2) is 7.38. The van der Waals surface area contributed by atoms with Crippen LogP contribution < -0.4 is 0 Å². The molecule has 2 atom stereocenters. The number of carbonyl (C=O) groups is 2. The number of hydrogen-bond acceptors (Lipinski definition) is 4. The lowest BCUT2D eigenvalue weighted by atomic mass is 9.98. The number of aliphatic carboxylic acids is 1. The summed E-state index contributed by atoms with van der Waals surface area (Å²) in [4.78, 5) is 30.0. The molecule has 1 saturated heterocycles. The summed E-state index contributed by atoms with van der Waals surface area (Å²) in [5, 5.41) is 10.9. The number of hydrogen-bond donors (Lipinski definition) is 1. The summed E-state index contributed by atoms with van der Waals surface area (Å²) < 4.78 is 0. The third kappa shape index (κ3) is 4.05. The van der Waals surface area contributed by atoms with E-state index in [1.807, 2.05) is 37.4 Å². The van der Waals surface area contributed by atoms with Crippen LogP contribution in [0.2, 0.25) is 0 Å². The number of piperidine rings is 1. The third-order valence-electron chi connectivity index (χ3n) is 4.04. The average molecular weight is 306 g/mol. The molecule has 1 heterocycles. The van der Waals surface area contributed by atoms with Crippen molar-refractivity contribution in [3.8, 4) is 0 Å². The molecule has 0 unspecified atom stereocenters. The average Bonchev–Trinajstić information content (AvgIpc) is 2.52. The first kappa shape index (κ1) is 16.5. The van der Waals surface area contributed by atoms with Gasteiger partial charge in [0.1, 0.15) is 6.04 Å². The minimum Gasteiger partial charge on any atom is -0.480 e. The van der Waals surface area contributed by atoms with E-state index in [9.17, 15) is 14.7 Å². The van der Waals surface area contributed by atoms with E-state index in [-0.39, 0.29) is 11.9 Å². The number of likely N-dealkylation sites (tertiary alicyclic amines) is 1. The Morgan fingerprint density at radius 2 is 2.00 bits per heavy atom. The van der Waals surface area contributed by atoms with Gasteiger partial charge in [-0.15, -0.1) is 0 Å². The maximum absolute atomic E-state index is 11.7. The van der Waals surface area contributed by atoms with Gasteiger partial charge in [-0.2, -0.15) is 5.06 Å². The highest BCUT2D eigenvalue weighted by molar-refractivity contribution is 5.82. The number of benzene rings is 1. The first-order valence-electron chi connectivity index (χ1n) is 7.38. The van der Waals surface area contributed by atoms with Crippen LogP contribution in [0.1, 0.15) is 25.3 Å². The summed E-state index contributed by atoms with van der Waals surface area (Å²) in [5.74, 6) is -1.16. The van der Waals surface area contributed by atoms with Gasteiger partial charge in [0.2, 0.25) is 5.91 Å². The summed E-state index contributed by atoms with van der Waals surface area (Å²) in [5.41, 5.74) is 1.07. The molecule has 0 spiro atoms. The van der Waals surface area contributed by atoms with Crippen LogP contribution in [0.25, 0.3) is 0 Å². The fourth-order valence-corrected chi connectivity index (χ4v) is 2.71. The molecular weight excluding hydrogens is 284 g/mol. The predicted octanol–water partition coefficient (Wildman–Crippen LogP) is 1.51. The van der Waals surface area contributed by atoms with Crippen molar-refractivity contribution in [2.75, 3.05) is 13.6 Å². The zero-order valence-corrected chi connectivity index (χ0v) is 12.9. The van der Waals surface area contributed by atoms with Gasteiger partial charge >= 0.3 is 5.97 Å². The molecule has 6 heteroatoms. The van der Waals surface area contributed by atoms with Crippen molar-refractivity contribution in [3.63, 3.8) is 0 Å². The van der Waals surface area contributed by atoms with Crippen LogP contribution in [-0.4, -0.2) is 52.6 Å². The molecule has 1 aromatic carbocycles. The molecule has 1 fully saturated rings. The van der Waals surface area contributed by atoms with Crippen molar-refractivity contribution < 1.29 is 19.5 Å². The number of nitrogens with zero attached hydrogens (tertiary/aromatic N) is 2. The highest BCUT2D eigenvalue weighted by Crippen LogP contribution is 2.21. The minimum atomic E-state index is -0.943. The predicted molar refractivity (Wildman–Crippen MR) is 80.8 cm³/mol. The van der Waals surface area contributed by atoms with E-state index in [2.05, 4.69) is 0 Å². The molecule has 1 aliphatic heterocycles. The molecule has 6 nitrogen and oxygen atoms in total. The van der Waals surface area contributed by atoms with E-state index in [4.69, 9.17) is 4.84 Å². The Hall–Kier alpha value is -1.92. The van der Waals surface area contributed by atoms with E-state index in [1.54, 1.807) is 5.06 Å². The zero-order valence-electron chi connectivity index (χ0n) is 12.9. The van der Waals surface area contributed by atoms with Crippen molar-refractivity contribution in [1.29, 1.82) is 0 Å². The lowest BCUT2D eigenvalue weighted by Crippen LogP contribution is -2.55. The van der Waals surface area contributed by atoms with Gasteiger partial charge < -0.3 is 10.0 Å². The molecular formula is C16H22N2O4. The maximum Gasteiger partial charge on any atom is 0.326 e. The lowest BCUT2D eigenvalue weighted by Gasteiger charge is -2.40. The molecule has 2 rings (SSSR count). The largest absolute Gasteiger partial charge is 0.480 e. The fraction of sp³-hybridized carbons (Fsp3) is 0.500. The van der Waals surface area contributed by atoms with Gasteiger partial charge in [-0.25, -0.2) is 4.79 Å². The van der Waals surface area contributed by atoms with Crippen LogP contribution in [0, 0.1) is 0 Å². The Morgan fingerprint density at radius 3 is 2.59 bits per heavy atom. The number of carboxylic acids is 1. The van der Waals surface area contributed by atoms with Gasteiger partial charge in [0, 0.05) is 20.5 Å². The standard InChI is InChI=1S/C16H22N2O4/c1-12(19)18-10-14(8-9-15(18)16(20)21)17(2)22-11-13-6-4-3-5-7-13/h3-7,14-15H,8-11H2,1-2H3,(H,20,21)/t14-,15+/m1/s1. The Balaban J connectivity index is 1.92. The molecule has 120 valence electrons. The number of carboxylic acid groups (broad SMARTS) is 1. The van der Waals surface area contributed by atoms with Crippen molar-refractivity contribution in [3.05, 3.63) is 35.9 Å². The van der Waals surface area contributed by atoms with Crippen molar-refractivity contribution in [1.82, 2.24) is 9.96 Å². The molecule has 0 aromatic heterocycles. The van der Waals surface area contributed by atoms with Crippen molar-refractivity contribution in [2.45, 2.75) is 38.5 Å². The summed E-state index contributed by atoms with van der Waals surface area (Å²) in [6.07, 6.45) is 1.13. The van der Waals surface area contributed by atoms with Crippen LogP contribution in [-0.2, 0) is 21.0 Å². The number of rotatable bonds is 5. The summed E-state index contributed by atoms with van der Waals surface area (Å²) in [6, 6.07) is 9.10. The fourth-order valence-electron chi connectivity index (χ4n) is 2.71. The Bertz CT molecular complexity index is 520. The second-order valence-corrected chi connectivity index (χ2v) is 5.56. The topological polar surface area (TPSA) is 70.1 Å². The summed E-state index contributed by atoms with van der Waals surface area (Å²) in [6.45, 7) is 2.23. The summed E-state index contributed by atoms with van der Waals surface area (Å²) >= 11 is 0. The Kier molecular flexibility index (Phi) is 5.51. The van der Waals surface area contributed by atoms with Crippen molar-refractivity contribution in [2.24, 2.45) is 0 Å². The van der Waals surface area contributed by atoms with E-state index >= 15 is 0 Å². The Labute approximate surface area is 130 Å². The van der Waals surface area contributed by atoms with E-state index in [1.165, 1.54) is 11.8 Å². The Morgan fingerprint density at radius 1 is 1.32 bits per heavy atom. The first-order chi connectivity index (χ1) is 10.5. The van der Waals surface area contributed by atoms with Crippen LogP contribution in [0.5, 0.6) is 0 Å². The van der Waals surface area contributed by atoms with Crippen LogP contribution in [0.4, 0.5) is 0 Å². The van der Waals surface area contributed by atoms with Gasteiger partial charge in [-0.1, -0.05) is 30.3 Å². The molecule has 1 N–H and O–H groups in total. The quantitative estimate of drug-likeness (QED) is 0.835. The van der Waals surface area contributed by atoms with Gasteiger partial charge in [0.15, 0.2) is 0 Å². The smallest absolute Gasteiger partial charge is 0.326 e. The molecule has 0 radical (unpaired) electrons. The van der Waals surface area contributed by atoms with Crippen LogP contribution in [0.15, 0.2) is 30.3 Å². The third-order valence-corrected chi connectivity index (χ3v) is 4.04. The van der Waals surface area contributed by atoms with Gasteiger partial charge in [-0.3, -0.25) is 9.63 Å². The number of likely N-dealkylation sites (N-methyl/N-ethyl adjacent to an activating group) is 1. The lowest BCUT2D eigenvalue weighted by molar-refractivity contribution is -0.193. The molecule has 22 heavy (non-hydrogen) atoms. The van der Waals surface area contributed by atoms with E-state index in [0.29, 0.717) is 26.0 Å². The number of carbonyl (C=O) groups excluding carboxylic acids is 1. The molecule has 0 aliphatic carbocycles. The highest BCUT2D eigenvalue weighted by Gasteiger charge is 2.36. The molecule has 0 saturated carbocycles. The van der Waals surface area contributed by atoms with E-state index in [0.717, 1.165) is 5.56 Å².